The fourth-order valence-corrected chi connectivity index (χ4v) is 5.61. The lowest BCUT2D eigenvalue weighted by atomic mass is 9.87. The first kappa shape index (κ1) is 26.0. The van der Waals surface area contributed by atoms with Crippen molar-refractivity contribution in [1.82, 2.24) is 0 Å². The van der Waals surface area contributed by atoms with Crippen LogP contribution in [-0.4, -0.2) is 25.2 Å². The van der Waals surface area contributed by atoms with Crippen LogP contribution in [0.1, 0.15) is 85.9 Å². The van der Waals surface area contributed by atoms with Gasteiger partial charge in [0.1, 0.15) is 0 Å². The summed E-state index contributed by atoms with van der Waals surface area (Å²) >= 11 is 0. The number of esters is 2. The highest BCUT2D eigenvalue weighted by molar-refractivity contribution is 6.35. The largest absolute Gasteiger partial charge is 0.462 e. The summed E-state index contributed by atoms with van der Waals surface area (Å²) in [6, 6.07) is 20.0. The molecule has 5 aromatic carbocycles. The number of carbonyl (C=O) groups is 2. The van der Waals surface area contributed by atoms with E-state index in [0.717, 1.165) is 94.5 Å². The minimum atomic E-state index is -0.272. The highest BCUT2D eigenvalue weighted by Crippen LogP contribution is 2.42. The van der Waals surface area contributed by atoms with Crippen molar-refractivity contribution in [2.45, 2.75) is 65.2 Å². The Kier molecular flexibility index (Phi) is 8.07. The molecule has 0 unspecified atom stereocenters. The van der Waals surface area contributed by atoms with Gasteiger partial charge in [0, 0.05) is 0 Å². The lowest BCUT2D eigenvalue weighted by molar-refractivity contribution is 0.0491. The molecule has 0 aliphatic heterocycles. The number of hydrogen-bond donors (Lipinski definition) is 0. The smallest absolute Gasteiger partial charge is 0.338 e. The molecule has 0 radical (unpaired) electrons. The van der Waals surface area contributed by atoms with Gasteiger partial charge in [0.25, 0.3) is 0 Å². The third kappa shape index (κ3) is 4.92. The number of carbonyl (C=O) groups excluding carboxylic acids is 2. The molecule has 0 amide bonds. The quantitative estimate of drug-likeness (QED) is 0.0729. The molecule has 0 heterocycles. The van der Waals surface area contributed by atoms with Crippen molar-refractivity contribution in [1.29, 1.82) is 0 Å². The topological polar surface area (TPSA) is 52.6 Å². The summed E-state index contributed by atoms with van der Waals surface area (Å²) in [5, 5.41) is 8.18. The van der Waals surface area contributed by atoms with Crippen LogP contribution >= 0.6 is 0 Å². The fourth-order valence-electron chi connectivity index (χ4n) is 5.61. The third-order valence-corrected chi connectivity index (χ3v) is 7.56. The fraction of sp³-hybridized carbons (Fsp3) is 0.353. The van der Waals surface area contributed by atoms with Crippen LogP contribution < -0.4 is 0 Å². The first-order chi connectivity index (χ1) is 18.7. The first-order valence-corrected chi connectivity index (χ1v) is 14.1. The number of fused-ring (bicyclic) bond motifs is 2. The van der Waals surface area contributed by atoms with Crippen LogP contribution in [0.15, 0.2) is 60.7 Å². The second-order valence-electron chi connectivity index (χ2n) is 10.2. The molecular weight excluding hydrogens is 472 g/mol. The van der Waals surface area contributed by atoms with E-state index in [4.69, 9.17) is 9.47 Å². The van der Waals surface area contributed by atoms with Crippen molar-refractivity contribution in [3.8, 4) is 0 Å². The van der Waals surface area contributed by atoms with E-state index in [1.165, 1.54) is 0 Å². The van der Waals surface area contributed by atoms with Gasteiger partial charge in [-0.3, -0.25) is 0 Å². The molecule has 0 N–H and O–H groups in total. The average molecular weight is 509 g/mol. The zero-order chi connectivity index (χ0) is 26.5. The Bertz CT molecular complexity index is 1440. The van der Waals surface area contributed by atoms with Gasteiger partial charge in [0.05, 0.1) is 24.3 Å². The Morgan fingerprint density at radius 3 is 1.32 bits per heavy atom. The number of ether oxygens (including phenoxy) is 2. The molecule has 0 aromatic heterocycles. The van der Waals surface area contributed by atoms with Crippen molar-refractivity contribution in [3.05, 3.63) is 71.8 Å². The summed E-state index contributed by atoms with van der Waals surface area (Å²) in [6.45, 7) is 5.23. The summed E-state index contributed by atoms with van der Waals surface area (Å²) in [6.07, 6.45) is 8.53. The van der Waals surface area contributed by atoms with Gasteiger partial charge in [-0.05, 0) is 68.1 Å². The minimum absolute atomic E-state index is 0.272. The van der Waals surface area contributed by atoms with Crippen LogP contribution in [0.2, 0.25) is 0 Å². The molecular formula is C34H36O4. The second kappa shape index (κ2) is 11.8. The van der Waals surface area contributed by atoms with Crippen molar-refractivity contribution < 1.29 is 19.1 Å². The average Bonchev–Trinajstić information content (AvgIpc) is 2.94. The van der Waals surface area contributed by atoms with E-state index in [0.29, 0.717) is 24.3 Å². The Balaban J connectivity index is 1.55. The number of unbranched alkanes of at least 4 members (excludes halogenated alkanes) is 6. The SMILES string of the molecule is CCCCCCOC(=O)c1ccc2c3cccc4c(C(=O)OCCCCCC)ccc(c5cccc1c52)c43. The van der Waals surface area contributed by atoms with E-state index in [2.05, 4.69) is 26.0 Å². The lowest BCUT2D eigenvalue weighted by Gasteiger charge is -2.17. The molecule has 38 heavy (non-hydrogen) atoms. The van der Waals surface area contributed by atoms with Gasteiger partial charge in [-0.2, -0.15) is 0 Å². The van der Waals surface area contributed by atoms with Crippen molar-refractivity contribution in [2.75, 3.05) is 13.2 Å². The predicted molar refractivity (Wildman–Crippen MR) is 157 cm³/mol. The van der Waals surface area contributed by atoms with E-state index in [-0.39, 0.29) is 11.9 Å². The highest BCUT2D eigenvalue weighted by atomic mass is 16.5. The Morgan fingerprint density at radius 2 is 0.895 bits per heavy atom. The van der Waals surface area contributed by atoms with Gasteiger partial charge < -0.3 is 9.47 Å². The zero-order valence-electron chi connectivity index (χ0n) is 22.5. The van der Waals surface area contributed by atoms with Crippen LogP contribution in [0, 0.1) is 0 Å². The van der Waals surface area contributed by atoms with Crippen molar-refractivity contribution in [2.24, 2.45) is 0 Å². The molecule has 0 aliphatic carbocycles. The van der Waals surface area contributed by atoms with Gasteiger partial charge in [0.2, 0.25) is 0 Å². The van der Waals surface area contributed by atoms with E-state index in [9.17, 15) is 9.59 Å². The molecule has 4 heteroatoms. The van der Waals surface area contributed by atoms with Gasteiger partial charge in [-0.1, -0.05) is 101 Å². The monoisotopic (exact) mass is 508 g/mol. The Labute approximate surface area is 224 Å². The van der Waals surface area contributed by atoms with Crippen LogP contribution in [0.3, 0.4) is 0 Å². The number of rotatable bonds is 12. The van der Waals surface area contributed by atoms with Crippen LogP contribution in [0.25, 0.3) is 43.1 Å². The summed E-state index contributed by atoms with van der Waals surface area (Å²) in [4.78, 5) is 26.1. The van der Waals surface area contributed by atoms with Crippen LogP contribution in [0.5, 0.6) is 0 Å². The summed E-state index contributed by atoms with van der Waals surface area (Å²) in [7, 11) is 0. The summed E-state index contributed by atoms with van der Waals surface area (Å²) in [5.41, 5.74) is 1.19. The minimum Gasteiger partial charge on any atom is -0.462 e. The Morgan fingerprint density at radius 1 is 0.500 bits per heavy atom. The van der Waals surface area contributed by atoms with Gasteiger partial charge >= 0.3 is 11.9 Å². The molecule has 0 aliphatic rings. The molecule has 4 nitrogen and oxygen atoms in total. The van der Waals surface area contributed by atoms with Gasteiger partial charge in [-0.15, -0.1) is 0 Å². The highest BCUT2D eigenvalue weighted by Gasteiger charge is 2.20. The van der Waals surface area contributed by atoms with Gasteiger partial charge in [0.15, 0.2) is 0 Å². The predicted octanol–water partition coefficient (Wildman–Crippen LogP) is 9.21. The molecule has 5 aromatic rings. The van der Waals surface area contributed by atoms with E-state index in [1.54, 1.807) is 0 Å². The van der Waals surface area contributed by atoms with E-state index < -0.39 is 0 Å². The molecule has 196 valence electrons. The van der Waals surface area contributed by atoms with Crippen molar-refractivity contribution in [3.63, 3.8) is 0 Å². The Hall–Kier alpha value is -3.66. The third-order valence-electron chi connectivity index (χ3n) is 7.56. The van der Waals surface area contributed by atoms with Crippen LogP contribution in [-0.2, 0) is 9.47 Å². The maximum atomic E-state index is 13.0. The standard InChI is InChI=1S/C34H36O4/c1-3-5-7-9-21-37-33(35)29-19-17-27-24-14-12-16-26-30(34(36)38-22-10-8-6-4-2)20-18-28(32(24)26)23-13-11-15-25(29)31(23)27/h11-20H,3-10,21-22H2,1-2H3. The molecule has 0 saturated heterocycles. The maximum absolute atomic E-state index is 13.0. The molecule has 0 saturated carbocycles. The summed E-state index contributed by atoms with van der Waals surface area (Å²) in [5.74, 6) is -0.544. The van der Waals surface area contributed by atoms with Crippen LogP contribution in [0.4, 0.5) is 0 Å². The first-order valence-electron chi connectivity index (χ1n) is 14.1. The maximum Gasteiger partial charge on any atom is 0.338 e. The lowest BCUT2D eigenvalue weighted by Crippen LogP contribution is -2.08. The second-order valence-corrected chi connectivity index (χ2v) is 10.2. The van der Waals surface area contributed by atoms with Crippen molar-refractivity contribution >= 4 is 55.0 Å². The van der Waals surface area contributed by atoms with Gasteiger partial charge in [-0.25, -0.2) is 9.59 Å². The molecule has 0 fully saturated rings. The molecule has 0 spiro atoms. The molecule has 5 rings (SSSR count). The molecule has 0 atom stereocenters. The normalized spacial score (nSPS) is 11.6. The van der Waals surface area contributed by atoms with E-state index in [1.807, 2.05) is 48.5 Å². The van der Waals surface area contributed by atoms with E-state index >= 15 is 0 Å². The zero-order valence-corrected chi connectivity index (χ0v) is 22.5. The number of benzene rings is 5. The number of hydrogen-bond acceptors (Lipinski definition) is 4. The summed E-state index contributed by atoms with van der Waals surface area (Å²) < 4.78 is 11.3. The molecule has 0 bridgehead atoms.